The van der Waals surface area contributed by atoms with Gasteiger partial charge in [0.2, 0.25) is 5.79 Å². The molecule has 1 amide bonds. The number of non-ortho nitro benzene ring substituents is 1. The SMILES string of the molecule is C=CCO[C@@]12Oc3ccc(Oc4ccc(SC)cc4)cc3[C@H]3[C@H](CCCCO)[C@@H](CCCCO)C=C(C(=NOCc4ccc([N+](=O)[O-])cc4)C[C@@H]1N(Cc1cccc4ccccc14)C(=O)c1ccc(C#N)cc1)[C@H]32. The highest BCUT2D eigenvalue weighted by molar-refractivity contribution is 7.98. The summed E-state index contributed by atoms with van der Waals surface area (Å²) >= 11 is 1.65. The molecule has 0 spiro atoms. The molecule has 14 heteroatoms. The van der Waals surface area contributed by atoms with Gasteiger partial charge in [-0.25, -0.2) is 0 Å². The summed E-state index contributed by atoms with van der Waals surface area (Å²) in [7, 11) is 0. The molecule has 1 heterocycles. The summed E-state index contributed by atoms with van der Waals surface area (Å²) in [6.07, 6.45) is 10.4. The Morgan fingerprint density at radius 2 is 1.66 bits per heavy atom. The predicted molar refractivity (Wildman–Crippen MR) is 286 cm³/mol. The molecule has 6 aromatic rings. The number of ether oxygens (including phenoxy) is 3. The first-order valence-electron chi connectivity index (χ1n) is 25.2. The van der Waals surface area contributed by atoms with Gasteiger partial charge in [-0.05, 0) is 150 Å². The summed E-state index contributed by atoms with van der Waals surface area (Å²) in [6.45, 7) is 4.42. The second-order valence-corrected chi connectivity index (χ2v) is 19.9. The van der Waals surface area contributed by atoms with Crippen LogP contribution in [-0.4, -0.2) is 69.6 Å². The van der Waals surface area contributed by atoms with Crippen molar-refractivity contribution in [2.45, 2.75) is 80.7 Å². The van der Waals surface area contributed by atoms with Gasteiger partial charge in [0.15, 0.2) is 0 Å². The summed E-state index contributed by atoms with van der Waals surface area (Å²) < 4.78 is 21.5. The van der Waals surface area contributed by atoms with E-state index < -0.39 is 22.7 Å². The number of fused-ring (bicyclic) bond motifs is 3. The Hall–Kier alpha value is -7.28. The van der Waals surface area contributed by atoms with E-state index in [0.29, 0.717) is 52.5 Å². The summed E-state index contributed by atoms with van der Waals surface area (Å²) in [6, 6.07) is 42.1. The first-order chi connectivity index (χ1) is 36.2. The Morgan fingerprint density at radius 1 is 0.932 bits per heavy atom. The Balaban J connectivity index is 1.27. The number of rotatable bonds is 22. The quantitative estimate of drug-likeness (QED) is 0.0217. The van der Waals surface area contributed by atoms with Crippen LogP contribution >= 0.6 is 11.8 Å². The number of thioether (sulfide) groups is 1. The zero-order valence-electron chi connectivity index (χ0n) is 41.4. The molecular weight excluding hydrogens is 953 g/mol. The zero-order valence-corrected chi connectivity index (χ0v) is 42.2. The van der Waals surface area contributed by atoms with Crippen molar-refractivity contribution in [2.75, 3.05) is 26.1 Å². The number of amides is 1. The van der Waals surface area contributed by atoms with Crippen LogP contribution in [0.1, 0.15) is 83.5 Å². The molecule has 380 valence electrons. The maximum atomic E-state index is 15.8. The third kappa shape index (κ3) is 11.0. The number of carbonyl (C=O) groups excluding carboxylic acids is 1. The van der Waals surface area contributed by atoms with E-state index in [-0.39, 0.29) is 68.7 Å². The summed E-state index contributed by atoms with van der Waals surface area (Å²) in [5, 5.41) is 48.5. The van der Waals surface area contributed by atoms with Gasteiger partial charge in [-0.1, -0.05) is 72.6 Å². The Bertz CT molecular complexity index is 3060. The molecule has 0 saturated heterocycles. The van der Waals surface area contributed by atoms with Crippen LogP contribution in [0.25, 0.3) is 10.8 Å². The number of allylic oxidation sites excluding steroid dienone is 1. The highest BCUT2D eigenvalue weighted by Crippen LogP contribution is 2.62. The number of hydrogen-bond donors (Lipinski definition) is 2. The number of nitro benzene ring substituents is 1. The summed E-state index contributed by atoms with van der Waals surface area (Å²) in [5.41, 5.74) is 4.67. The fourth-order valence-electron chi connectivity index (χ4n) is 11.2. The van der Waals surface area contributed by atoms with E-state index in [0.717, 1.165) is 58.1 Å². The van der Waals surface area contributed by atoms with Crippen molar-refractivity contribution >= 4 is 39.8 Å². The molecule has 13 nitrogen and oxygen atoms in total. The smallest absolute Gasteiger partial charge is 0.269 e. The van der Waals surface area contributed by atoms with Gasteiger partial charge >= 0.3 is 0 Å². The van der Waals surface area contributed by atoms with Crippen LogP contribution in [0.4, 0.5) is 5.69 Å². The van der Waals surface area contributed by atoms with Crippen molar-refractivity contribution in [3.63, 3.8) is 0 Å². The average Bonchev–Trinajstić information content (AvgIpc) is 3.43. The second kappa shape index (κ2) is 23.7. The molecule has 6 aromatic carbocycles. The normalized spacial score (nSPS) is 21.1. The minimum Gasteiger partial charge on any atom is -0.459 e. The van der Waals surface area contributed by atoms with Gasteiger partial charge in [0.1, 0.15) is 29.9 Å². The standard InChI is InChI=1S/C60H60N4O9S/c1-3-33-70-60-56(63(59(67)43-21-17-40(37-61)18-22-43)38-45-14-10-13-42-11-4-5-15-50(42)45)36-54(62-71-39-41-19-23-46(24-20-41)64(68)69)52-34-44(12-6-8-31-65)51(16-7-9-32-66)57(58(52)60)53-35-48(27-30-55(53)73-60)72-47-25-28-49(74-2)29-26-47/h3-5,10-11,13-15,17-30,34-35,44,51,56-58,65-66H,1,6-9,12,16,31-33,36,38-39H2,2H3/t44-,51+,56-,57+,58+,60+/m0/s1. The molecule has 2 aliphatic carbocycles. The topological polar surface area (TPSA) is 177 Å². The number of hydrogen-bond acceptors (Lipinski definition) is 12. The molecule has 74 heavy (non-hydrogen) atoms. The number of benzene rings is 6. The van der Waals surface area contributed by atoms with Crippen LogP contribution in [0.5, 0.6) is 17.2 Å². The number of oxime groups is 1. The Morgan fingerprint density at radius 3 is 2.38 bits per heavy atom. The van der Waals surface area contributed by atoms with Crippen molar-refractivity contribution in [1.29, 1.82) is 5.26 Å². The van der Waals surface area contributed by atoms with E-state index in [9.17, 15) is 25.6 Å². The fourth-order valence-corrected chi connectivity index (χ4v) is 11.6. The van der Waals surface area contributed by atoms with Crippen molar-refractivity contribution < 1.29 is 39.0 Å². The number of aliphatic hydroxyl groups is 2. The van der Waals surface area contributed by atoms with Gasteiger partial charge in [-0.15, -0.1) is 18.3 Å². The molecule has 0 radical (unpaired) electrons. The van der Waals surface area contributed by atoms with Crippen molar-refractivity contribution in [3.8, 4) is 23.3 Å². The molecule has 3 aliphatic rings. The molecule has 0 unspecified atom stereocenters. The zero-order chi connectivity index (χ0) is 51.6. The lowest BCUT2D eigenvalue weighted by atomic mass is 9.55. The summed E-state index contributed by atoms with van der Waals surface area (Å²) in [5.74, 6) is -0.995. The lowest BCUT2D eigenvalue weighted by molar-refractivity contribution is -0.384. The van der Waals surface area contributed by atoms with Gasteiger partial charge in [0, 0.05) is 60.3 Å². The number of unbranched alkanes of at least 4 members (excludes halogenated alkanes) is 2. The third-order valence-electron chi connectivity index (χ3n) is 14.6. The van der Waals surface area contributed by atoms with E-state index in [4.69, 9.17) is 24.2 Å². The number of nitriles is 1. The minimum absolute atomic E-state index is 0.0111. The molecule has 0 aromatic heterocycles. The van der Waals surface area contributed by atoms with Gasteiger partial charge in [0.25, 0.3) is 11.6 Å². The highest BCUT2D eigenvalue weighted by Gasteiger charge is 2.65. The second-order valence-electron chi connectivity index (χ2n) is 19.0. The molecule has 6 atom stereocenters. The van der Waals surface area contributed by atoms with Crippen LogP contribution in [-0.2, 0) is 22.7 Å². The lowest BCUT2D eigenvalue weighted by Crippen LogP contribution is -2.70. The van der Waals surface area contributed by atoms with Crippen molar-refractivity contribution in [1.82, 2.24) is 4.90 Å². The van der Waals surface area contributed by atoms with Crippen LogP contribution in [0.3, 0.4) is 0 Å². The Kier molecular flexibility index (Phi) is 16.5. The van der Waals surface area contributed by atoms with Gasteiger partial charge in [-0.3, -0.25) is 14.9 Å². The van der Waals surface area contributed by atoms with Crippen molar-refractivity contribution in [3.05, 3.63) is 196 Å². The van der Waals surface area contributed by atoms with E-state index >= 15 is 4.79 Å². The first-order valence-corrected chi connectivity index (χ1v) is 26.4. The van der Waals surface area contributed by atoms with Gasteiger partial charge < -0.3 is 34.2 Å². The third-order valence-corrected chi connectivity index (χ3v) is 15.4. The maximum Gasteiger partial charge on any atom is 0.269 e. The van der Waals surface area contributed by atoms with E-state index in [1.807, 2.05) is 84.0 Å². The van der Waals surface area contributed by atoms with Gasteiger partial charge in [-0.2, -0.15) is 5.26 Å². The number of carbonyl (C=O) groups is 1. The minimum atomic E-state index is -1.57. The number of nitro groups is 1. The fraction of sp³-hybridized carbons (Fsp3) is 0.317. The molecule has 1 fully saturated rings. The van der Waals surface area contributed by atoms with Gasteiger partial charge in [0.05, 0.1) is 34.8 Å². The Labute approximate surface area is 435 Å². The first kappa shape index (κ1) is 51.6. The van der Waals surface area contributed by atoms with Crippen LogP contribution < -0.4 is 9.47 Å². The average molecular weight is 1010 g/mol. The number of aliphatic hydroxyl groups excluding tert-OH is 2. The summed E-state index contributed by atoms with van der Waals surface area (Å²) in [4.78, 5) is 36.1. The van der Waals surface area contributed by atoms with Crippen LogP contribution in [0.15, 0.2) is 168 Å². The highest BCUT2D eigenvalue weighted by atomic mass is 32.2. The maximum absolute atomic E-state index is 15.8. The van der Waals surface area contributed by atoms with E-state index in [1.165, 1.54) is 12.1 Å². The molecule has 9 rings (SSSR count). The molecule has 2 N–H and O–H groups in total. The number of nitrogens with zero attached hydrogens (tertiary/aromatic N) is 4. The van der Waals surface area contributed by atoms with E-state index in [1.54, 1.807) is 54.2 Å². The van der Waals surface area contributed by atoms with Crippen LogP contribution in [0, 0.1) is 39.2 Å². The molecule has 0 bridgehead atoms. The van der Waals surface area contributed by atoms with E-state index in [2.05, 4.69) is 30.9 Å². The molecular formula is C60H60N4O9S. The largest absolute Gasteiger partial charge is 0.459 e. The molecule has 1 saturated carbocycles. The van der Waals surface area contributed by atoms with Crippen molar-refractivity contribution in [2.24, 2.45) is 22.9 Å². The lowest BCUT2D eigenvalue weighted by Gasteiger charge is -2.60. The van der Waals surface area contributed by atoms with Crippen LogP contribution in [0.2, 0.25) is 0 Å². The molecule has 1 aliphatic heterocycles. The predicted octanol–water partition coefficient (Wildman–Crippen LogP) is 12.3. The monoisotopic (exact) mass is 1010 g/mol.